The maximum atomic E-state index is 4.06. The Morgan fingerprint density at radius 2 is 2.19 bits per heavy atom. The van der Waals surface area contributed by atoms with Crippen LogP contribution in [0.25, 0.3) is 0 Å². The molecule has 0 aromatic carbocycles. The van der Waals surface area contributed by atoms with Gasteiger partial charge >= 0.3 is 0 Å². The molecule has 1 aliphatic heterocycles. The standard InChI is InChI=1S/C10H17BrN4S/c1-2-5-15-6-3-8(4-7-15)12-10-14-13-9(11)16-10/h8H,2-7H2,1H3,(H,12,14). The minimum atomic E-state index is 0.563. The first-order valence-corrected chi connectivity index (χ1v) is 7.36. The minimum absolute atomic E-state index is 0.563. The summed E-state index contributed by atoms with van der Waals surface area (Å²) < 4.78 is 0.846. The first kappa shape index (κ1) is 12.3. The fourth-order valence-electron chi connectivity index (χ4n) is 2.06. The topological polar surface area (TPSA) is 41.0 Å². The number of aromatic nitrogens is 2. The first-order chi connectivity index (χ1) is 7.78. The monoisotopic (exact) mass is 304 g/mol. The van der Waals surface area contributed by atoms with E-state index in [1.54, 1.807) is 11.3 Å². The van der Waals surface area contributed by atoms with Crippen molar-refractivity contribution in [1.82, 2.24) is 15.1 Å². The Morgan fingerprint density at radius 1 is 1.44 bits per heavy atom. The third-order valence-corrected chi connectivity index (χ3v) is 4.14. The van der Waals surface area contributed by atoms with Crippen LogP contribution in [0.5, 0.6) is 0 Å². The number of halogens is 1. The Bertz CT molecular complexity index is 322. The van der Waals surface area contributed by atoms with Crippen LogP contribution in [0.4, 0.5) is 5.13 Å². The number of nitrogens with one attached hydrogen (secondary N) is 1. The van der Waals surface area contributed by atoms with Crippen LogP contribution in [0.15, 0.2) is 3.92 Å². The molecule has 0 saturated carbocycles. The Balaban J connectivity index is 1.77. The van der Waals surface area contributed by atoms with E-state index in [-0.39, 0.29) is 0 Å². The molecule has 1 N–H and O–H groups in total. The highest BCUT2D eigenvalue weighted by Gasteiger charge is 2.19. The highest BCUT2D eigenvalue weighted by Crippen LogP contribution is 2.23. The van der Waals surface area contributed by atoms with Gasteiger partial charge in [0.15, 0.2) is 3.92 Å². The molecule has 90 valence electrons. The highest BCUT2D eigenvalue weighted by atomic mass is 79.9. The van der Waals surface area contributed by atoms with Crippen molar-refractivity contribution >= 4 is 32.4 Å². The lowest BCUT2D eigenvalue weighted by Gasteiger charge is -2.31. The molecule has 0 amide bonds. The van der Waals surface area contributed by atoms with Crippen molar-refractivity contribution in [2.24, 2.45) is 0 Å². The van der Waals surface area contributed by atoms with E-state index in [9.17, 15) is 0 Å². The predicted molar refractivity (Wildman–Crippen MR) is 71.0 cm³/mol. The Morgan fingerprint density at radius 3 is 2.75 bits per heavy atom. The van der Waals surface area contributed by atoms with Crippen LogP contribution in [-0.2, 0) is 0 Å². The molecule has 2 heterocycles. The lowest BCUT2D eigenvalue weighted by molar-refractivity contribution is 0.219. The van der Waals surface area contributed by atoms with Crippen LogP contribution in [0.3, 0.4) is 0 Å². The molecule has 0 atom stereocenters. The van der Waals surface area contributed by atoms with E-state index < -0.39 is 0 Å². The summed E-state index contributed by atoms with van der Waals surface area (Å²) in [7, 11) is 0. The molecule has 0 unspecified atom stereocenters. The summed E-state index contributed by atoms with van der Waals surface area (Å²) in [6, 6.07) is 0.563. The molecule has 0 bridgehead atoms. The summed E-state index contributed by atoms with van der Waals surface area (Å²) in [4.78, 5) is 2.54. The molecule has 1 aromatic heterocycles. The van der Waals surface area contributed by atoms with Crippen molar-refractivity contribution in [1.29, 1.82) is 0 Å². The molecular weight excluding hydrogens is 288 g/mol. The number of likely N-dealkylation sites (tertiary alicyclic amines) is 1. The van der Waals surface area contributed by atoms with E-state index in [1.165, 1.54) is 38.9 Å². The van der Waals surface area contributed by atoms with Crippen LogP contribution in [-0.4, -0.2) is 40.8 Å². The lowest BCUT2D eigenvalue weighted by atomic mass is 10.1. The normalized spacial score (nSPS) is 18.9. The molecule has 0 aliphatic carbocycles. The Labute approximate surface area is 109 Å². The second-order valence-corrected chi connectivity index (χ2v) is 6.37. The third-order valence-electron chi connectivity index (χ3n) is 2.86. The summed E-state index contributed by atoms with van der Waals surface area (Å²) in [5.74, 6) is 0. The number of hydrogen-bond donors (Lipinski definition) is 1. The molecule has 16 heavy (non-hydrogen) atoms. The average molecular weight is 305 g/mol. The fourth-order valence-corrected chi connectivity index (χ4v) is 3.14. The Hall–Kier alpha value is -0.200. The van der Waals surface area contributed by atoms with Gasteiger partial charge in [0, 0.05) is 19.1 Å². The van der Waals surface area contributed by atoms with Gasteiger partial charge in [-0.3, -0.25) is 0 Å². The zero-order chi connectivity index (χ0) is 11.4. The van der Waals surface area contributed by atoms with Crippen LogP contribution in [0.1, 0.15) is 26.2 Å². The number of hydrogen-bond acceptors (Lipinski definition) is 5. The van der Waals surface area contributed by atoms with E-state index in [2.05, 4.69) is 43.3 Å². The van der Waals surface area contributed by atoms with Gasteiger partial charge in [-0.1, -0.05) is 18.3 Å². The number of piperidine rings is 1. The van der Waals surface area contributed by atoms with Crippen molar-refractivity contribution in [3.05, 3.63) is 3.92 Å². The van der Waals surface area contributed by atoms with E-state index in [0.29, 0.717) is 6.04 Å². The van der Waals surface area contributed by atoms with Crippen LogP contribution < -0.4 is 5.32 Å². The van der Waals surface area contributed by atoms with Crippen molar-refractivity contribution < 1.29 is 0 Å². The van der Waals surface area contributed by atoms with Crippen molar-refractivity contribution in [2.75, 3.05) is 25.0 Å². The fraction of sp³-hybridized carbons (Fsp3) is 0.800. The van der Waals surface area contributed by atoms with Gasteiger partial charge < -0.3 is 10.2 Å². The zero-order valence-electron chi connectivity index (χ0n) is 9.45. The summed E-state index contributed by atoms with van der Waals surface area (Å²) >= 11 is 4.89. The molecule has 0 radical (unpaired) electrons. The zero-order valence-corrected chi connectivity index (χ0v) is 11.9. The lowest BCUT2D eigenvalue weighted by Crippen LogP contribution is -2.39. The van der Waals surface area contributed by atoms with Gasteiger partial charge in [0.1, 0.15) is 0 Å². The molecule has 1 saturated heterocycles. The number of nitrogens with zero attached hydrogens (tertiary/aromatic N) is 3. The van der Waals surface area contributed by atoms with Crippen molar-refractivity contribution in [2.45, 2.75) is 32.2 Å². The number of anilines is 1. The molecule has 2 rings (SSSR count). The summed E-state index contributed by atoms with van der Waals surface area (Å²) in [5.41, 5.74) is 0. The predicted octanol–water partition coefficient (Wildman–Crippen LogP) is 2.59. The van der Waals surface area contributed by atoms with Crippen molar-refractivity contribution in [3.8, 4) is 0 Å². The molecule has 1 fully saturated rings. The van der Waals surface area contributed by atoms with Crippen molar-refractivity contribution in [3.63, 3.8) is 0 Å². The molecule has 1 aromatic rings. The SMILES string of the molecule is CCCN1CCC(Nc2nnc(Br)s2)CC1. The maximum absolute atomic E-state index is 4.06. The largest absolute Gasteiger partial charge is 0.357 e. The van der Waals surface area contributed by atoms with E-state index in [0.717, 1.165) is 9.05 Å². The Kier molecular flexibility index (Phi) is 4.55. The molecule has 4 nitrogen and oxygen atoms in total. The molecular formula is C10H17BrN4S. The van der Waals surface area contributed by atoms with Gasteiger partial charge in [-0.25, -0.2) is 0 Å². The first-order valence-electron chi connectivity index (χ1n) is 5.76. The summed E-state index contributed by atoms with van der Waals surface area (Å²) in [5, 5.41) is 12.4. The summed E-state index contributed by atoms with van der Waals surface area (Å²) in [6.45, 7) is 5.87. The van der Waals surface area contributed by atoms with Gasteiger partial charge in [-0.15, -0.1) is 10.2 Å². The summed E-state index contributed by atoms with van der Waals surface area (Å²) in [6.07, 6.45) is 3.66. The quantitative estimate of drug-likeness (QED) is 0.928. The van der Waals surface area contributed by atoms with E-state index in [1.807, 2.05) is 0 Å². The van der Waals surface area contributed by atoms with Gasteiger partial charge in [0.2, 0.25) is 5.13 Å². The van der Waals surface area contributed by atoms with Crippen LogP contribution >= 0.6 is 27.3 Å². The van der Waals surface area contributed by atoms with Crippen LogP contribution in [0, 0.1) is 0 Å². The molecule has 6 heteroatoms. The highest BCUT2D eigenvalue weighted by molar-refractivity contribution is 9.11. The molecule has 1 aliphatic rings. The second-order valence-electron chi connectivity index (χ2n) is 4.12. The molecule has 0 spiro atoms. The van der Waals surface area contributed by atoms with Gasteiger partial charge in [-0.05, 0) is 41.7 Å². The third kappa shape index (κ3) is 3.40. The van der Waals surface area contributed by atoms with Crippen LogP contribution in [0.2, 0.25) is 0 Å². The van der Waals surface area contributed by atoms with Gasteiger partial charge in [0.05, 0.1) is 0 Å². The minimum Gasteiger partial charge on any atom is -0.357 e. The van der Waals surface area contributed by atoms with E-state index >= 15 is 0 Å². The van der Waals surface area contributed by atoms with E-state index in [4.69, 9.17) is 0 Å². The van der Waals surface area contributed by atoms with Gasteiger partial charge in [-0.2, -0.15) is 0 Å². The average Bonchev–Trinajstić information content (AvgIpc) is 2.67. The number of rotatable bonds is 4. The second kappa shape index (κ2) is 5.93. The smallest absolute Gasteiger partial charge is 0.206 e. The maximum Gasteiger partial charge on any atom is 0.206 e. The van der Waals surface area contributed by atoms with Gasteiger partial charge in [0.25, 0.3) is 0 Å².